The number of esters is 1. The Bertz CT molecular complexity index is 1540. The monoisotopic (exact) mass is 565 g/mol. The van der Waals surface area contributed by atoms with Crippen molar-refractivity contribution in [2.75, 3.05) is 19.1 Å². The minimum atomic E-state index is -4.29. The van der Waals surface area contributed by atoms with Crippen molar-refractivity contribution in [1.29, 1.82) is 0 Å². The molecule has 3 amide bonds. The largest absolute Gasteiger partial charge is 0.497 e. The fourth-order valence-corrected chi connectivity index (χ4v) is 5.69. The standard InChI is InChI=1S/C29H31N3O7S/c1-29(2,3)39-27(34)21-10-6-20(7-11-21)18-32-28(35)31(4)24-15-12-22(16-25(24)40(32,36)37)26(33)30-17-19-8-13-23(38-5)14-9-19/h6-16H,17-18H2,1-5H3,(H,30,33). The first kappa shape index (κ1) is 28.6. The first-order valence-corrected chi connectivity index (χ1v) is 13.9. The SMILES string of the molecule is COc1ccc(CNC(=O)c2ccc3c(c2)S(=O)(=O)N(Cc2ccc(C(=O)OC(C)(C)C)cc2)C(=O)N3C)cc1. The highest BCUT2D eigenvalue weighted by atomic mass is 32.2. The van der Waals surface area contributed by atoms with Gasteiger partial charge in [-0.15, -0.1) is 0 Å². The summed E-state index contributed by atoms with van der Waals surface area (Å²) in [7, 11) is -1.25. The summed E-state index contributed by atoms with van der Waals surface area (Å²) in [5.74, 6) is -0.276. The third-order valence-corrected chi connectivity index (χ3v) is 7.93. The zero-order chi connectivity index (χ0) is 29.2. The molecule has 0 saturated heterocycles. The van der Waals surface area contributed by atoms with Crippen LogP contribution in [0, 0.1) is 0 Å². The number of sulfonamides is 1. The Kier molecular flexibility index (Phi) is 7.88. The van der Waals surface area contributed by atoms with Crippen molar-refractivity contribution in [3.05, 3.63) is 89.0 Å². The maximum Gasteiger partial charge on any atom is 0.338 e. The number of fused-ring (bicyclic) bond motifs is 1. The minimum Gasteiger partial charge on any atom is -0.497 e. The number of hydrogen-bond donors (Lipinski definition) is 1. The topological polar surface area (TPSA) is 122 Å². The van der Waals surface area contributed by atoms with Gasteiger partial charge in [-0.1, -0.05) is 24.3 Å². The molecule has 10 nitrogen and oxygen atoms in total. The third-order valence-electron chi connectivity index (χ3n) is 6.18. The smallest absolute Gasteiger partial charge is 0.338 e. The summed E-state index contributed by atoms with van der Waals surface area (Å²) in [5.41, 5.74) is 1.30. The van der Waals surface area contributed by atoms with Crippen LogP contribution in [0.2, 0.25) is 0 Å². The molecule has 0 aliphatic carbocycles. The molecule has 0 bridgehead atoms. The lowest BCUT2D eigenvalue weighted by Crippen LogP contribution is -2.48. The van der Waals surface area contributed by atoms with E-state index in [-0.39, 0.29) is 29.2 Å². The summed E-state index contributed by atoms with van der Waals surface area (Å²) in [4.78, 5) is 39.3. The van der Waals surface area contributed by atoms with Gasteiger partial charge in [0.05, 0.1) is 24.9 Å². The molecule has 0 fully saturated rings. The average Bonchev–Trinajstić information content (AvgIpc) is 2.92. The van der Waals surface area contributed by atoms with E-state index in [1.807, 2.05) is 12.1 Å². The molecule has 40 heavy (non-hydrogen) atoms. The number of hydrogen-bond acceptors (Lipinski definition) is 7. The van der Waals surface area contributed by atoms with Gasteiger partial charge in [0.25, 0.3) is 15.9 Å². The molecule has 3 aromatic carbocycles. The quantitative estimate of drug-likeness (QED) is 0.423. The Hall–Kier alpha value is -4.38. The fourth-order valence-electron chi connectivity index (χ4n) is 4.06. The van der Waals surface area contributed by atoms with Crippen molar-refractivity contribution < 1.29 is 32.3 Å². The van der Waals surface area contributed by atoms with Gasteiger partial charge in [-0.2, -0.15) is 0 Å². The van der Waals surface area contributed by atoms with Crippen molar-refractivity contribution in [1.82, 2.24) is 9.62 Å². The molecule has 1 aliphatic rings. The van der Waals surface area contributed by atoms with E-state index in [1.54, 1.807) is 52.1 Å². The molecule has 1 heterocycles. The molecule has 0 spiro atoms. The van der Waals surface area contributed by atoms with E-state index in [2.05, 4.69) is 5.32 Å². The highest BCUT2D eigenvalue weighted by molar-refractivity contribution is 7.90. The van der Waals surface area contributed by atoms with Crippen LogP contribution in [-0.4, -0.2) is 50.4 Å². The van der Waals surface area contributed by atoms with E-state index in [0.29, 0.717) is 16.9 Å². The molecule has 0 atom stereocenters. The van der Waals surface area contributed by atoms with E-state index in [4.69, 9.17) is 9.47 Å². The molecule has 0 unspecified atom stereocenters. The molecule has 210 valence electrons. The molecule has 0 radical (unpaired) electrons. The fraction of sp³-hybridized carbons (Fsp3) is 0.276. The van der Waals surface area contributed by atoms with Gasteiger partial charge in [-0.3, -0.25) is 9.69 Å². The molecule has 3 aromatic rings. The number of urea groups is 1. The molecule has 11 heteroatoms. The van der Waals surface area contributed by atoms with Crippen LogP contribution < -0.4 is 15.0 Å². The first-order valence-electron chi connectivity index (χ1n) is 12.5. The lowest BCUT2D eigenvalue weighted by molar-refractivity contribution is 0.00693. The molecule has 1 N–H and O–H groups in total. The molecule has 0 saturated carbocycles. The Balaban J connectivity index is 1.53. The van der Waals surface area contributed by atoms with E-state index in [9.17, 15) is 22.8 Å². The Labute approximate surface area is 233 Å². The number of anilines is 1. The van der Waals surface area contributed by atoms with Gasteiger partial charge in [0.1, 0.15) is 16.2 Å². The van der Waals surface area contributed by atoms with Crippen LogP contribution >= 0.6 is 0 Å². The molecule has 4 rings (SSSR count). The van der Waals surface area contributed by atoms with Gasteiger partial charge < -0.3 is 14.8 Å². The Morgan fingerprint density at radius 1 is 0.900 bits per heavy atom. The summed E-state index contributed by atoms with van der Waals surface area (Å²) in [6.45, 7) is 5.26. The normalized spacial score (nSPS) is 14.4. The van der Waals surface area contributed by atoms with Crippen molar-refractivity contribution in [3.63, 3.8) is 0 Å². The summed E-state index contributed by atoms with van der Waals surface area (Å²) in [6.07, 6.45) is 0. The van der Waals surface area contributed by atoms with Crippen molar-refractivity contribution >= 4 is 33.6 Å². The number of ether oxygens (including phenoxy) is 2. The lowest BCUT2D eigenvalue weighted by atomic mass is 10.1. The summed E-state index contributed by atoms with van der Waals surface area (Å²) < 4.78 is 38.4. The van der Waals surface area contributed by atoms with E-state index in [0.717, 1.165) is 9.87 Å². The second kappa shape index (κ2) is 11.0. The van der Waals surface area contributed by atoms with E-state index < -0.39 is 33.5 Å². The summed E-state index contributed by atoms with van der Waals surface area (Å²) >= 11 is 0. The van der Waals surface area contributed by atoms with Crippen LogP contribution in [0.5, 0.6) is 5.75 Å². The summed E-state index contributed by atoms with van der Waals surface area (Å²) in [6, 6.07) is 16.8. The van der Waals surface area contributed by atoms with Crippen LogP contribution in [0.1, 0.15) is 52.6 Å². The zero-order valence-corrected chi connectivity index (χ0v) is 23.7. The van der Waals surface area contributed by atoms with Gasteiger partial charge in [0.2, 0.25) is 0 Å². The highest BCUT2D eigenvalue weighted by Crippen LogP contribution is 2.35. The van der Waals surface area contributed by atoms with Crippen LogP contribution in [0.4, 0.5) is 10.5 Å². The minimum absolute atomic E-state index is 0.139. The first-order chi connectivity index (χ1) is 18.8. The number of amides is 3. The van der Waals surface area contributed by atoms with Crippen molar-refractivity contribution in [2.45, 2.75) is 44.4 Å². The van der Waals surface area contributed by atoms with Crippen LogP contribution in [0.15, 0.2) is 71.6 Å². The van der Waals surface area contributed by atoms with Crippen LogP contribution in [-0.2, 0) is 27.8 Å². The third kappa shape index (κ3) is 6.09. The van der Waals surface area contributed by atoms with Gasteiger partial charge in [-0.05, 0) is 74.4 Å². The van der Waals surface area contributed by atoms with Gasteiger partial charge in [-0.25, -0.2) is 22.3 Å². The molecule has 0 aromatic heterocycles. The summed E-state index contributed by atoms with van der Waals surface area (Å²) in [5, 5.41) is 2.78. The predicted molar refractivity (Wildman–Crippen MR) is 149 cm³/mol. The van der Waals surface area contributed by atoms with Crippen LogP contribution in [0.3, 0.4) is 0 Å². The van der Waals surface area contributed by atoms with E-state index in [1.165, 1.54) is 42.3 Å². The number of methoxy groups -OCH3 is 1. The Morgan fingerprint density at radius 3 is 2.10 bits per heavy atom. The zero-order valence-electron chi connectivity index (χ0n) is 22.9. The average molecular weight is 566 g/mol. The molecule has 1 aliphatic heterocycles. The number of rotatable bonds is 7. The van der Waals surface area contributed by atoms with Crippen molar-refractivity contribution in [2.24, 2.45) is 0 Å². The van der Waals surface area contributed by atoms with Crippen molar-refractivity contribution in [3.8, 4) is 5.75 Å². The molecular weight excluding hydrogens is 534 g/mol. The highest BCUT2D eigenvalue weighted by Gasteiger charge is 2.40. The predicted octanol–water partition coefficient (Wildman–Crippen LogP) is 4.34. The number of nitrogens with one attached hydrogen (secondary N) is 1. The number of nitrogens with zero attached hydrogens (tertiary/aromatic N) is 2. The van der Waals surface area contributed by atoms with Gasteiger partial charge >= 0.3 is 12.0 Å². The maximum absolute atomic E-state index is 13.6. The van der Waals surface area contributed by atoms with Crippen LogP contribution in [0.25, 0.3) is 0 Å². The number of carbonyl (C=O) groups excluding carboxylic acids is 3. The lowest BCUT2D eigenvalue weighted by Gasteiger charge is -2.34. The maximum atomic E-state index is 13.6. The van der Waals surface area contributed by atoms with E-state index >= 15 is 0 Å². The molecular formula is C29H31N3O7S. The second-order valence-corrected chi connectivity index (χ2v) is 12.1. The van der Waals surface area contributed by atoms with Gasteiger partial charge in [0, 0.05) is 19.2 Å². The number of carbonyl (C=O) groups is 3. The number of benzene rings is 3. The second-order valence-electron chi connectivity index (χ2n) is 10.3. The van der Waals surface area contributed by atoms with Gasteiger partial charge in [0.15, 0.2) is 0 Å². The Morgan fingerprint density at radius 2 is 1.50 bits per heavy atom.